The lowest BCUT2D eigenvalue weighted by atomic mass is 10.0. The summed E-state index contributed by atoms with van der Waals surface area (Å²) in [6.07, 6.45) is 1.69. The van der Waals surface area contributed by atoms with E-state index in [4.69, 9.17) is 4.74 Å². The Bertz CT molecular complexity index is 1460. The number of amides is 1. The van der Waals surface area contributed by atoms with E-state index in [1.165, 1.54) is 11.1 Å². The molecule has 4 heterocycles. The van der Waals surface area contributed by atoms with Crippen LogP contribution >= 0.6 is 0 Å². The van der Waals surface area contributed by atoms with Crippen molar-refractivity contribution in [2.75, 3.05) is 24.7 Å². The SMILES string of the molecule is Cc1ccc2c(c1)CCN2C(=O)c1cc2[nH]c(=O)c3nnc(C4CCOC4)n3c2cc1C. The number of nitrogens with zero attached hydrogens (tertiary/aromatic N) is 4. The molecule has 0 saturated carbocycles. The van der Waals surface area contributed by atoms with Crippen LogP contribution < -0.4 is 10.5 Å². The fourth-order valence-corrected chi connectivity index (χ4v) is 4.96. The van der Waals surface area contributed by atoms with Crippen molar-refractivity contribution in [3.8, 4) is 0 Å². The molecule has 1 saturated heterocycles. The predicted molar refractivity (Wildman–Crippen MR) is 121 cm³/mol. The van der Waals surface area contributed by atoms with Crippen LogP contribution in [-0.4, -0.2) is 45.2 Å². The molecule has 0 spiro atoms. The Morgan fingerprint density at radius 1 is 1.19 bits per heavy atom. The largest absolute Gasteiger partial charge is 0.381 e. The highest BCUT2D eigenvalue weighted by Gasteiger charge is 2.28. The van der Waals surface area contributed by atoms with E-state index >= 15 is 0 Å². The molecular weight excluding hydrogens is 406 g/mol. The lowest BCUT2D eigenvalue weighted by Crippen LogP contribution is -2.29. The molecule has 8 heteroatoms. The summed E-state index contributed by atoms with van der Waals surface area (Å²) in [6.45, 7) is 5.89. The number of nitrogens with one attached hydrogen (secondary N) is 1. The van der Waals surface area contributed by atoms with Crippen LogP contribution in [0.2, 0.25) is 0 Å². The maximum absolute atomic E-state index is 13.5. The molecule has 1 N–H and O–H groups in total. The maximum atomic E-state index is 13.5. The minimum Gasteiger partial charge on any atom is -0.381 e. The Balaban J connectivity index is 1.49. The third-order valence-electron chi connectivity index (χ3n) is 6.62. The molecule has 162 valence electrons. The van der Waals surface area contributed by atoms with Crippen molar-refractivity contribution in [3.05, 3.63) is 68.8 Å². The molecule has 32 heavy (non-hydrogen) atoms. The van der Waals surface area contributed by atoms with Crippen molar-refractivity contribution in [3.63, 3.8) is 0 Å². The van der Waals surface area contributed by atoms with E-state index in [1.807, 2.05) is 34.4 Å². The molecule has 6 rings (SSSR count). The van der Waals surface area contributed by atoms with Gasteiger partial charge in [-0.15, -0.1) is 10.2 Å². The number of H-pyrrole nitrogens is 1. The van der Waals surface area contributed by atoms with Crippen LogP contribution in [-0.2, 0) is 11.2 Å². The van der Waals surface area contributed by atoms with E-state index in [0.717, 1.165) is 35.4 Å². The molecular formula is C24H23N5O3. The van der Waals surface area contributed by atoms with Crippen molar-refractivity contribution in [1.29, 1.82) is 0 Å². The summed E-state index contributed by atoms with van der Waals surface area (Å²) in [5.41, 5.74) is 6.11. The summed E-state index contributed by atoms with van der Waals surface area (Å²) in [7, 11) is 0. The van der Waals surface area contributed by atoms with Crippen LogP contribution in [0.5, 0.6) is 0 Å². The third-order valence-corrected chi connectivity index (χ3v) is 6.62. The number of ether oxygens (including phenoxy) is 1. The lowest BCUT2D eigenvalue weighted by Gasteiger charge is -2.19. The fraction of sp³-hybridized carbons (Fsp3) is 0.333. The summed E-state index contributed by atoms with van der Waals surface area (Å²) in [6, 6.07) is 9.93. The maximum Gasteiger partial charge on any atom is 0.294 e. The normalized spacial score (nSPS) is 18.1. The van der Waals surface area contributed by atoms with Gasteiger partial charge in [0, 0.05) is 30.3 Å². The molecule has 1 amide bonds. The number of carbonyl (C=O) groups is 1. The second kappa shape index (κ2) is 7.00. The van der Waals surface area contributed by atoms with E-state index in [1.54, 1.807) is 6.07 Å². The van der Waals surface area contributed by atoms with Gasteiger partial charge in [-0.05, 0) is 56.0 Å². The van der Waals surface area contributed by atoms with Gasteiger partial charge in [0.05, 0.1) is 17.6 Å². The number of hydrogen-bond donors (Lipinski definition) is 1. The summed E-state index contributed by atoms with van der Waals surface area (Å²) in [4.78, 5) is 31.0. The van der Waals surface area contributed by atoms with E-state index in [9.17, 15) is 9.59 Å². The zero-order valence-corrected chi connectivity index (χ0v) is 18.0. The molecule has 2 aromatic carbocycles. The summed E-state index contributed by atoms with van der Waals surface area (Å²) < 4.78 is 7.34. The number of aromatic nitrogens is 4. The smallest absolute Gasteiger partial charge is 0.294 e. The van der Waals surface area contributed by atoms with E-state index in [2.05, 4.69) is 28.2 Å². The van der Waals surface area contributed by atoms with Crippen LogP contribution in [0.15, 0.2) is 35.1 Å². The Morgan fingerprint density at radius 3 is 2.88 bits per heavy atom. The quantitative estimate of drug-likeness (QED) is 0.529. The van der Waals surface area contributed by atoms with Gasteiger partial charge in [-0.2, -0.15) is 0 Å². The van der Waals surface area contributed by atoms with Gasteiger partial charge in [0.1, 0.15) is 5.82 Å². The first kappa shape index (κ1) is 19.2. The Labute approximate surface area is 183 Å². The van der Waals surface area contributed by atoms with Gasteiger partial charge in [0.25, 0.3) is 11.5 Å². The number of fused-ring (bicyclic) bond motifs is 4. The van der Waals surface area contributed by atoms with Crippen molar-refractivity contribution in [2.24, 2.45) is 0 Å². The molecule has 0 aliphatic carbocycles. The second-order valence-electron chi connectivity index (χ2n) is 8.76. The molecule has 2 aliphatic heterocycles. The number of aryl methyl sites for hydroxylation is 2. The molecule has 0 bridgehead atoms. The molecule has 2 aliphatic rings. The van der Waals surface area contributed by atoms with Gasteiger partial charge in [-0.1, -0.05) is 17.7 Å². The fourth-order valence-electron chi connectivity index (χ4n) is 4.96. The van der Waals surface area contributed by atoms with Crippen molar-refractivity contribution in [2.45, 2.75) is 32.6 Å². The average molecular weight is 429 g/mol. The zero-order valence-electron chi connectivity index (χ0n) is 18.0. The topological polar surface area (TPSA) is 92.6 Å². The Kier molecular flexibility index (Phi) is 4.19. The van der Waals surface area contributed by atoms with E-state index in [-0.39, 0.29) is 23.0 Å². The first-order valence-corrected chi connectivity index (χ1v) is 10.9. The highest BCUT2D eigenvalue weighted by Crippen LogP contribution is 2.32. The highest BCUT2D eigenvalue weighted by atomic mass is 16.5. The number of hydrogen-bond acceptors (Lipinski definition) is 5. The van der Waals surface area contributed by atoms with Crippen LogP contribution in [0.25, 0.3) is 16.7 Å². The molecule has 1 fully saturated rings. The standard InChI is InChI=1S/C24H23N5O3/c1-13-3-4-19-15(9-13)5-7-28(19)24(31)17-11-18-20(10-14(17)2)29-21(16-6-8-32-12-16)26-27-22(29)23(30)25-18/h3-4,9-11,16H,5-8,12H2,1-2H3,(H,25,30). The molecule has 4 aromatic rings. The monoisotopic (exact) mass is 429 g/mol. The van der Waals surface area contributed by atoms with Crippen molar-refractivity contribution in [1.82, 2.24) is 19.6 Å². The minimum absolute atomic E-state index is 0.0545. The summed E-state index contributed by atoms with van der Waals surface area (Å²) in [5.74, 6) is 0.776. The first-order valence-electron chi connectivity index (χ1n) is 10.9. The van der Waals surface area contributed by atoms with E-state index in [0.29, 0.717) is 30.8 Å². The van der Waals surface area contributed by atoms with Gasteiger partial charge < -0.3 is 14.6 Å². The van der Waals surface area contributed by atoms with Crippen LogP contribution in [0, 0.1) is 13.8 Å². The number of aromatic amines is 1. The molecule has 1 unspecified atom stereocenters. The Hall–Kier alpha value is -3.52. The van der Waals surface area contributed by atoms with Gasteiger partial charge in [0.15, 0.2) is 0 Å². The summed E-state index contributed by atoms with van der Waals surface area (Å²) in [5, 5.41) is 8.44. The molecule has 1 atom stereocenters. The molecule has 0 radical (unpaired) electrons. The Morgan fingerprint density at radius 2 is 2.06 bits per heavy atom. The van der Waals surface area contributed by atoms with Crippen molar-refractivity contribution < 1.29 is 9.53 Å². The summed E-state index contributed by atoms with van der Waals surface area (Å²) >= 11 is 0. The zero-order chi connectivity index (χ0) is 22.0. The molecule has 8 nitrogen and oxygen atoms in total. The van der Waals surface area contributed by atoms with Gasteiger partial charge in [-0.25, -0.2) is 0 Å². The van der Waals surface area contributed by atoms with Gasteiger partial charge in [-0.3, -0.25) is 14.0 Å². The highest BCUT2D eigenvalue weighted by molar-refractivity contribution is 6.09. The van der Waals surface area contributed by atoms with Crippen LogP contribution in [0.3, 0.4) is 0 Å². The molecule has 2 aromatic heterocycles. The minimum atomic E-state index is -0.320. The predicted octanol–water partition coefficient (Wildman–Crippen LogP) is 2.89. The van der Waals surface area contributed by atoms with Crippen molar-refractivity contribution >= 4 is 28.3 Å². The lowest BCUT2D eigenvalue weighted by molar-refractivity contribution is 0.0989. The average Bonchev–Trinajstić information content (AvgIpc) is 3.52. The third kappa shape index (κ3) is 2.79. The second-order valence-corrected chi connectivity index (χ2v) is 8.76. The first-order chi connectivity index (χ1) is 15.5. The van der Waals surface area contributed by atoms with Gasteiger partial charge >= 0.3 is 0 Å². The number of anilines is 1. The van der Waals surface area contributed by atoms with Gasteiger partial charge in [0.2, 0.25) is 5.65 Å². The van der Waals surface area contributed by atoms with E-state index < -0.39 is 0 Å². The number of carbonyl (C=O) groups excluding carboxylic acids is 1. The number of rotatable bonds is 2. The van der Waals surface area contributed by atoms with Crippen LogP contribution in [0.1, 0.15) is 45.2 Å². The number of benzene rings is 2. The van der Waals surface area contributed by atoms with Crippen LogP contribution in [0.4, 0.5) is 5.69 Å².